The first kappa shape index (κ1) is 20.9. The van der Waals surface area contributed by atoms with Crippen molar-refractivity contribution >= 4 is 11.5 Å². The van der Waals surface area contributed by atoms with Crippen LogP contribution in [0.25, 0.3) is 0 Å². The van der Waals surface area contributed by atoms with Crippen LogP contribution in [0.2, 0.25) is 0 Å². The predicted molar refractivity (Wildman–Crippen MR) is 120 cm³/mol. The molecule has 2 aromatic carbocycles. The second-order valence-electron chi connectivity index (χ2n) is 9.60. The van der Waals surface area contributed by atoms with E-state index in [0.717, 1.165) is 36.9 Å². The van der Waals surface area contributed by atoms with Crippen molar-refractivity contribution in [2.45, 2.75) is 57.5 Å². The topological polar surface area (TPSA) is 49.8 Å². The number of hydrogen-bond acceptors (Lipinski definition) is 4. The molecule has 1 saturated carbocycles. The zero-order valence-corrected chi connectivity index (χ0v) is 18.3. The van der Waals surface area contributed by atoms with Gasteiger partial charge in [-0.25, -0.2) is 0 Å². The standard InChI is InChI=1S/C26H33NO3/c1-18(14-25(28)26(2,3)29)20-6-8-21(9-7-20)22-15-27(16-22)23-10-12-24(13-11-23)30-17-19-4-5-19/h6-13,18-19,22,29H,4-5,14-17H2,1-3H3/t18-/m1/s1. The Hall–Kier alpha value is -2.33. The van der Waals surface area contributed by atoms with Crippen molar-refractivity contribution in [3.8, 4) is 5.75 Å². The van der Waals surface area contributed by atoms with Crippen molar-refractivity contribution in [2.24, 2.45) is 5.92 Å². The minimum Gasteiger partial charge on any atom is -0.493 e. The summed E-state index contributed by atoms with van der Waals surface area (Å²) in [5.41, 5.74) is 2.49. The van der Waals surface area contributed by atoms with Crippen molar-refractivity contribution < 1.29 is 14.6 Å². The van der Waals surface area contributed by atoms with E-state index in [2.05, 4.69) is 53.4 Å². The van der Waals surface area contributed by atoms with Gasteiger partial charge in [0.25, 0.3) is 0 Å². The van der Waals surface area contributed by atoms with Crippen LogP contribution in [0, 0.1) is 5.92 Å². The van der Waals surface area contributed by atoms with Gasteiger partial charge in [0.15, 0.2) is 5.78 Å². The van der Waals surface area contributed by atoms with Gasteiger partial charge in [-0.05, 0) is 73.9 Å². The molecule has 2 fully saturated rings. The van der Waals surface area contributed by atoms with Gasteiger partial charge in [0.1, 0.15) is 11.4 Å². The normalized spacial score (nSPS) is 18.1. The molecule has 4 nitrogen and oxygen atoms in total. The number of benzene rings is 2. The molecule has 1 saturated heterocycles. The third kappa shape index (κ3) is 5.04. The minimum absolute atomic E-state index is 0.108. The summed E-state index contributed by atoms with van der Waals surface area (Å²) in [6.45, 7) is 8.06. The van der Waals surface area contributed by atoms with Crippen molar-refractivity contribution in [2.75, 3.05) is 24.6 Å². The first-order valence-corrected chi connectivity index (χ1v) is 11.1. The maximum Gasteiger partial charge on any atom is 0.164 e. The Kier molecular flexibility index (Phi) is 5.88. The lowest BCUT2D eigenvalue weighted by molar-refractivity contribution is -0.134. The summed E-state index contributed by atoms with van der Waals surface area (Å²) in [6.07, 6.45) is 2.98. The molecular weight excluding hydrogens is 374 g/mol. The van der Waals surface area contributed by atoms with Crippen molar-refractivity contribution in [1.29, 1.82) is 0 Å². The zero-order chi connectivity index (χ0) is 21.3. The number of anilines is 1. The Morgan fingerprint density at radius 2 is 1.73 bits per heavy atom. The Bertz CT molecular complexity index is 857. The molecule has 1 aliphatic carbocycles. The van der Waals surface area contributed by atoms with Crippen molar-refractivity contribution in [3.05, 3.63) is 59.7 Å². The summed E-state index contributed by atoms with van der Waals surface area (Å²) in [6, 6.07) is 17.1. The molecule has 160 valence electrons. The number of carbonyl (C=O) groups is 1. The predicted octanol–water partition coefficient (Wildman–Crippen LogP) is 4.91. The van der Waals surface area contributed by atoms with Crippen LogP contribution in [0.4, 0.5) is 5.69 Å². The third-order valence-electron chi connectivity index (χ3n) is 6.42. The van der Waals surface area contributed by atoms with E-state index in [1.165, 1.54) is 24.1 Å². The van der Waals surface area contributed by atoms with E-state index in [4.69, 9.17) is 4.74 Å². The molecule has 1 heterocycles. The van der Waals surface area contributed by atoms with E-state index < -0.39 is 5.60 Å². The number of ketones is 1. The first-order valence-electron chi connectivity index (χ1n) is 11.1. The average Bonchev–Trinajstić information content (AvgIpc) is 3.50. The van der Waals surface area contributed by atoms with Crippen LogP contribution >= 0.6 is 0 Å². The summed E-state index contributed by atoms with van der Waals surface area (Å²) in [7, 11) is 0. The van der Waals surface area contributed by atoms with E-state index in [1.807, 2.05) is 6.92 Å². The molecule has 1 N–H and O–H groups in total. The lowest BCUT2D eigenvalue weighted by Gasteiger charge is -2.41. The molecule has 0 radical (unpaired) electrons. The molecule has 30 heavy (non-hydrogen) atoms. The van der Waals surface area contributed by atoms with Gasteiger partial charge in [0.05, 0.1) is 6.61 Å². The number of rotatable bonds is 9. The lowest BCUT2D eigenvalue weighted by Crippen LogP contribution is -2.45. The molecule has 0 aromatic heterocycles. The van der Waals surface area contributed by atoms with Gasteiger partial charge in [-0.3, -0.25) is 4.79 Å². The molecule has 0 amide bonds. The van der Waals surface area contributed by atoms with Gasteiger partial charge in [-0.15, -0.1) is 0 Å². The lowest BCUT2D eigenvalue weighted by atomic mass is 9.87. The number of Topliss-reactive ketones (excluding diaryl/α,β-unsaturated/α-hetero) is 1. The maximum absolute atomic E-state index is 12.1. The second kappa shape index (κ2) is 8.43. The number of hydrogen-bond donors (Lipinski definition) is 1. The molecule has 1 atom stereocenters. The highest BCUT2D eigenvalue weighted by Gasteiger charge is 2.29. The van der Waals surface area contributed by atoms with Crippen molar-refractivity contribution in [1.82, 2.24) is 0 Å². The third-order valence-corrected chi connectivity index (χ3v) is 6.42. The Balaban J connectivity index is 1.27. The quantitative estimate of drug-likeness (QED) is 0.641. The van der Waals surface area contributed by atoms with Gasteiger partial charge in [0.2, 0.25) is 0 Å². The van der Waals surface area contributed by atoms with E-state index in [0.29, 0.717) is 12.3 Å². The van der Waals surface area contributed by atoms with E-state index >= 15 is 0 Å². The summed E-state index contributed by atoms with van der Waals surface area (Å²) in [4.78, 5) is 14.5. The monoisotopic (exact) mass is 407 g/mol. The fourth-order valence-electron chi connectivity index (χ4n) is 3.89. The fourth-order valence-corrected chi connectivity index (χ4v) is 3.89. The van der Waals surface area contributed by atoms with Crippen LogP contribution in [-0.4, -0.2) is 36.2 Å². The molecule has 0 unspecified atom stereocenters. The van der Waals surface area contributed by atoms with Crippen LogP contribution in [0.1, 0.15) is 63.0 Å². The Morgan fingerprint density at radius 3 is 2.30 bits per heavy atom. The highest BCUT2D eigenvalue weighted by molar-refractivity contribution is 5.86. The SMILES string of the molecule is C[C@H](CC(=O)C(C)(C)O)c1ccc(C2CN(c3ccc(OCC4CC4)cc3)C2)cc1. The van der Waals surface area contributed by atoms with E-state index in [9.17, 15) is 9.90 Å². The van der Waals surface area contributed by atoms with Crippen LogP contribution in [0.15, 0.2) is 48.5 Å². The fraction of sp³-hybridized carbons (Fsp3) is 0.500. The molecule has 2 aliphatic rings. The largest absolute Gasteiger partial charge is 0.493 e. The van der Waals surface area contributed by atoms with Crippen LogP contribution in [0.5, 0.6) is 5.75 Å². The van der Waals surface area contributed by atoms with Gasteiger partial charge < -0.3 is 14.7 Å². The molecule has 0 bridgehead atoms. The number of nitrogens with zero attached hydrogens (tertiary/aromatic N) is 1. The molecule has 0 spiro atoms. The summed E-state index contributed by atoms with van der Waals surface area (Å²) >= 11 is 0. The van der Waals surface area contributed by atoms with Crippen LogP contribution < -0.4 is 9.64 Å². The minimum atomic E-state index is -1.26. The van der Waals surface area contributed by atoms with Gasteiger partial charge in [0, 0.05) is 31.1 Å². The maximum atomic E-state index is 12.1. The second-order valence-corrected chi connectivity index (χ2v) is 9.60. The number of aliphatic hydroxyl groups is 1. The van der Waals surface area contributed by atoms with Gasteiger partial charge in [-0.2, -0.15) is 0 Å². The number of carbonyl (C=O) groups excluding carboxylic acids is 1. The smallest absolute Gasteiger partial charge is 0.164 e. The first-order chi connectivity index (χ1) is 14.3. The van der Waals surface area contributed by atoms with Gasteiger partial charge in [-0.1, -0.05) is 31.2 Å². The molecule has 2 aromatic rings. The highest BCUT2D eigenvalue weighted by Crippen LogP contribution is 2.34. The van der Waals surface area contributed by atoms with Gasteiger partial charge >= 0.3 is 0 Å². The summed E-state index contributed by atoms with van der Waals surface area (Å²) in [5, 5.41) is 9.86. The van der Waals surface area contributed by atoms with E-state index in [1.54, 1.807) is 13.8 Å². The highest BCUT2D eigenvalue weighted by atomic mass is 16.5. The van der Waals surface area contributed by atoms with E-state index in [-0.39, 0.29) is 11.7 Å². The average molecular weight is 408 g/mol. The molecule has 4 heteroatoms. The summed E-state index contributed by atoms with van der Waals surface area (Å²) < 4.78 is 5.83. The molecule has 4 rings (SSSR count). The summed E-state index contributed by atoms with van der Waals surface area (Å²) in [5.74, 6) is 2.28. The number of ether oxygens (including phenoxy) is 1. The van der Waals surface area contributed by atoms with Crippen molar-refractivity contribution in [3.63, 3.8) is 0 Å². The zero-order valence-electron chi connectivity index (χ0n) is 18.3. The van der Waals surface area contributed by atoms with Crippen LogP contribution in [0.3, 0.4) is 0 Å². The Morgan fingerprint density at radius 1 is 1.10 bits per heavy atom. The molecular formula is C26H33NO3. The molecule has 1 aliphatic heterocycles. The Labute approximate surface area is 179 Å². The van der Waals surface area contributed by atoms with Crippen LogP contribution in [-0.2, 0) is 4.79 Å².